The van der Waals surface area contributed by atoms with Crippen molar-refractivity contribution in [3.8, 4) is 0 Å². The summed E-state index contributed by atoms with van der Waals surface area (Å²) in [6, 6.07) is 1.83. The molecule has 7 heteroatoms. The number of nitrogens with two attached hydrogens (primary N) is 1. The van der Waals surface area contributed by atoms with Crippen LogP contribution in [0.2, 0.25) is 0 Å². The van der Waals surface area contributed by atoms with Crippen LogP contribution in [0.4, 0.5) is 8.78 Å². The van der Waals surface area contributed by atoms with E-state index >= 15 is 0 Å². The van der Waals surface area contributed by atoms with Gasteiger partial charge in [-0.15, -0.1) is 0 Å². The number of carbonyl (C=O) groups is 2. The Hall–Kier alpha value is -2.05. The molecule has 20 heavy (non-hydrogen) atoms. The van der Waals surface area contributed by atoms with Crippen molar-refractivity contribution in [2.24, 2.45) is 11.7 Å². The van der Waals surface area contributed by atoms with Gasteiger partial charge in [0.2, 0.25) is 5.91 Å². The average Bonchev–Trinajstić information content (AvgIpc) is 3.09. The second kappa shape index (κ2) is 4.50. The molecule has 0 aromatic carbocycles. The van der Waals surface area contributed by atoms with E-state index in [2.05, 4.69) is 4.98 Å². The molecule has 1 saturated heterocycles. The molecule has 0 radical (unpaired) electrons. The number of piperidine rings is 1. The number of halogens is 2. The second-order valence-electron chi connectivity index (χ2n) is 5.20. The summed E-state index contributed by atoms with van der Waals surface area (Å²) in [4.78, 5) is 28.8. The van der Waals surface area contributed by atoms with E-state index in [-0.39, 0.29) is 11.6 Å². The lowest BCUT2D eigenvalue weighted by Crippen LogP contribution is -2.46. The average molecular weight is 281 g/mol. The summed E-state index contributed by atoms with van der Waals surface area (Å²) in [5.41, 5.74) is 4.97. The van der Waals surface area contributed by atoms with E-state index in [9.17, 15) is 18.4 Å². The quantitative estimate of drug-likeness (QED) is 0.901. The number of fused-ring (bicyclic) bond motifs is 1. The number of primary amides is 1. The maximum Gasteiger partial charge on any atom is 0.280 e. The molecular formula is C13H13F2N3O2. The first-order valence-corrected chi connectivity index (χ1v) is 6.35. The third kappa shape index (κ3) is 2.03. The van der Waals surface area contributed by atoms with E-state index < -0.39 is 30.0 Å². The van der Waals surface area contributed by atoms with Crippen molar-refractivity contribution < 1.29 is 18.4 Å². The number of rotatable bonds is 3. The molecule has 106 valence electrons. The van der Waals surface area contributed by atoms with Gasteiger partial charge in [0.15, 0.2) is 0 Å². The fraction of sp³-hybridized carbons (Fsp3) is 0.462. The predicted octanol–water partition coefficient (Wildman–Crippen LogP) is 1.11. The van der Waals surface area contributed by atoms with Gasteiger partial charge in [0.25, 0.3) is 12.3 Å². The Morgan fingerprint density at radius 1 is 1.40 bits per heavy atom. The first-order chi connectivity index (χ1) is 9.49. The maximum absolute atomic E-state index is 12.6. The SMILES string of the molecule is NC(=O)C1CC2CC2N1C(=O)c1ccnc(C(F)F)c1. The van der Waals surface area contributed by atoms with E-state index in [1.54, 1.807) is 0 Å². The van der Waals surface area contributed by atoms with E-state index in [4.69, 9.17) is 5.73 Å². The zero-order valence-electron chi connectivity index (χ0n) is 10.5. The molecule has 2 N–H and O–H groups in total. The summed E-state index contributed by atoms with van der Waals surface area (Å²) in [6.45, 7) is 0. The van der Waals surface area contributed by atoms with Gasteiger partial charge in [-0.25, -0.2) is 8.78 Å². The number of nitrogens with zero attached hydrogens (tertiary/aromatic N) is 2. The number of alkyl halides is 2. The van der Waals surface area contributed by atoms with Gasteiger partial charge < -0.3 is 10.6 Å². The van der Waals surface area contributed by atoms with E-state index in [1.807, 2.05) is 0 Å². The lowest BCUT2D eigenvalue weighted by atomic mass is 10.1. The Morgan fingerprint density at radius 2 is 2.15 bits per heavy atom. The Bertz CT molecular complexity index is 578. The van der Waals surface area contributed by atoms with Crippen LogP contribution >= 0.6 is 0 Å². The van der Waals surface area contributed by atoms with Crippen molar-refractivity contribution in [1.29, 1.82) is 0 Å². The van der Waals surface area contributed by atoms with Crippen molar-refractivity contribution in [3.05, 3.63) is 29.6 Å². The molecular weight excluding hydrogens is 268 g/mol. The van der Waals surface area contributed by atoms with Gasteiger partial charge in [0.1, 0.15) is 11.7 Å². The molecule has 2 heterocycles. The second-order valence-corrected chi connectivity index (χ2v) is 5.20. The van der Waals surface area contributed by atoms with Gasteiger partial charge in [-0.1, -0.05) is 0 Å². The summed E-state index contributed by atoms with van der Waals surface area (Å²) < 4.78 is 25.2. The van der Waals surface area contributed by atoms with Gasteiger partial charge in [-0.3, -0.25) is 14.6 Å². The number of carbonyl (C=O) groups excluding carboxylic acids is 2. The molecule has 2 amide bonds. The van der Waals surface area contributed by atoms with Crippen molar-refractivity contribution in [2.75, 3.05) is 0 Å². The molecule has 2 aliphatic rings. The molecule has 3 atom stereocenters. The summed E-state index contributed by atoms with van der Waals surface area (Å²) in [5, 5.41) is 0. The van der Waals surface area contributed by atoms with Gasteiger partial charge in [-0.2, -0.15) is 0 Å². The van der Waals surface area contributed by atoms with Gasteiger partial charge in [-0.05, 0) is 30.9 Å². The first-order valence-electron chi connectivity index (χ1n) is 6.35. The lowest BCUT2D eigenvalue weighted by molar-refractivity contribution is -0.122. The molecule has 1 aliphatic carbocycles. The highest BCUT2D eigenvalue weighted by molar-refractivity contribution is 5.98. The first kappa shape index (κ1) is 13.0. The fourth-order valence-electron chi connectivity index (χ4n) is 2.85. The number of amides is 2. The van der Waals surface area contributed by atoms with Crippen LogP contribution in [-0.2, 0) is 4.79 Å². The monoisotopic (exact) mass is 281 g/mol. The summed E-state index contributed by atoms with van der Waals surface area (Å²) >= 11 is 0. The number of hydrogen-bond acceptors (Lipinski definition) is 3. The van der Waals surface area contributed by atoms with Crippen LogP contribution in [0.3, 0.4) is 0 Å². The number of aromatic nitrogens is 1. The van der Waals surface area contributed by atoms with Crippen LogP contribution in [0.5, 0.6) is 0 Å². The number of hydrogen-bond donors (Lipinski definition) is 1. The molecule has 1 aromatic heterocycles. The molecule has 0 bridgehead atoms. The zero-order valence-corrected chi connectivity index (χ0v) is 10.5. The molecule has 2 fully saturated rings. The normalized spacial score (nSPS) is 27.6. The number of likely N-dealkylation sites (tertiary alicyclic amines) is 1. The van der Waals surface area contributed by atoms with Crippen LogP contribution in [0.25, 0.3) is 0 Å². The molecule has 1 aromatic rings. The van der Waals surface area contributed by atoms with Crippen LogP contribution in [0.15, 0.2) is 18.3 Å². The summed E-state index contributed by atoms with van der Waals surface area (Å²) in [6.07, 6.45) is -0.142. The highest BCUT2D eigenvalue weighted by Gasteiger charge is 2.55. The van der Waals surface area contributed by atoms with Crippen molar-refractivity contribution >= 4 is 11.8 Å². The lowest BCUT2D eigenvalue weighted by Gasteiger charge is -2.25. The molecule has 3 unspecified atom stereocenters. The third-order valence-corrected chi connectivity index (χ3v) is 3.92. The molecule has 1 aliphatic heterocycles. The number of pyridine rings is 1. The standard InChI is InChI=1S/C13H13F2N3O2/c14-11(15)8-3-6(1-2-17-8)13(20)18-9-4-7(9)5-10(18)12(16)19/h1-3,7,9-11H,4-5H2,(H2,16,19). The topological polar surface area (TPSA) is 76.3 Å². The van der Waals surface area contributed by atoms with Crippen molar-refractivity contribution in [1.82, 2.24) is 9.88 Å². The van der Waals surface area contributed by atoms with E-state index in [1.165, 1.54) is 17.2 Å². The summed E-state index contributed by atoms with van der Waals surface area (Å²) in [7, 11) is 0. The van der Waals surface area contributed by atoms with Crippen molar-refractivity contribution in [3.63, 3.8) is 0 Å². The molecule has 1 saturated carbocycles. The van der Waals surface area contributed by atoms with Crippen LogP contribution < -0.4 is 5.73 Å². The summed E-state index contributed by atoms with van der Waals surface area (Å²) in [5.74, 6) is -0.662. The molecule has 5 nitrogen and oxygen atoms in total. The predicted molar refractivity (Wildman–Crippen MR) is 64.9 cm³/mol. The third-order valence-electron chi connectivity index (χ3n) is 3.92. The Kier molecular flexibility index (Phi) is 2.92. The molecule has 0 spiro atoms. The van der Waals surface area contributed by atoms with Crippen LogP contribution in [-0.4, -0.2) is 33.8 Å². The van der Waals surface area contributed by atoms with Gasteiger partial charge in [0, 0.05) is 17.8 Å². The Labute approximate surface area is 113 Å². The highest BCUT2D eigenvalue weighted by Crippen LogP contribution is 2.48. The highest BCUT2D eigenvalue weighted by atomic mass is 19.3. The zero-order chi connectivity index (χ0) is 14.4. The van der Waals surface area contributed by atoms with E-state index in [0.717, 1.165) is 12.5 Å². The minimum atomic E-state index is -2.73. The van der Waals surface area contributed by atoms with Crippen LogP contribution in [0, 0.1) is 5.92 Å². The minimum absolute atomic E-state index is 0.0168. The smallest absolute Gasteiger partial charge is 0.280 e. The van der Waals surface area contributed by atoms with Crippen LogP contribution in [0.1, 0.15) is 35.3 Å². The van der Waals surface area contributed by atoms with Crippen molar-refractivity contribution in [2.45, 2.75) is 31.4 Å². The largest absolute Gasteiger partial charge is 0.368 e. The van der Waals surface area contributed by atoms with Gasteiger partial charge >= 0.3 is 0 Å². The van der Waals surface area contributed by atoms with E-state index in [0.29, 0.717) is 12.3 Å². The maximum atomic E-state index is 12.6. The van der Waals surface area contributed by atoms with Gasteiger partial charge in [0.05, 0.1) is 0 Å². The molecule has 3 rings (SSSR count). The Morgan fingerprint density at radius 3 is 2.80 bits per heavy atom. The minimum Gasteiger partial charge on any atom is -0.368 e. The Balaban J connectivity index is 1.88. The fourth-order valence-corrected chi connectivity index (χ4v) is 2.85.